The number of halogens is 3. The molecule has 2 heterocycles. The highest BCUT2D eigenvalue weighted by molar-refractivity contribution is 6.08. The Kier molecular flexibility index (Phi) is 3.12. The van der Waals surface area contributed by atoms with E-state index in [4.69, 9.17) is 5.26 Å². The zero-order chi connectivity index (χ0) is 17.8. The van der Waals surface area contributed by atoms with E-state index in [1.165, 1.54) is 12.1 Å². The Morgan fingerprint density at radius 1 is 1.04 bits per heavy atom. The van der Waals surface area contributed by atoms with E-state index in [9.17, 15) is 13.2 Å². The van der Waals surface area contributed by atoms with Gasteiger partial charge in [-0.1, -0.05) is 0 Å². The second kappa shape index (κ2) is 5.11. The average molecular weight is 340 g/mol. The maximum absolute atomic E-state index is 12.8. The van der Waals surface area contributed by atoms with Gasteiger partial charge < -0.3 is 0 Å². The molecular formula is C18H11F3N4. The van der Waals surface area contributed by atoms with Crippen LogP contribution in [0.3, 0.4) is 0 Å². The highest BCUT2D eigenvalue weighted by Crippen LogP contribution is 2.34. The summed E-state index contributed by atoms with van der Waals surface area (Å²) in [6.45, 7) is 0. The largest absolute Gasteiger partial charge is 0.416 e. The van der Waals surface area contributed by atoms with Crippen molar-refractivity contribution in [2.45, 2.75) is 6.18 Å². The number of hydrogen-bond acceptors (Lipinski definition) is 2. The monoisotopic (exact) mass is 340 g/mol. The Morgan fingerprint density at radius 3 is 2.40 bits per heavy atom. The van der Waals surface area contributed by atoms with E-state index in [1.54, 1.807) is 34.5 Å². The molecular weight excluding hydrogens is 329 g/mol. The van der Waals surface area contributed by atoms with Crippen molar-refractivity contribution < 1.29 is 13.2 Å². The number of benzene rings is 2. The van der Waals surface area contributed by atoms with E-state index in [-0.39, 0.29) is 0 Å². The number of aromatic nitrogens is 3. The van der Waals surface area contributed by atoms with Crippen LogP contribution in [0.25, 0.3) is 27.6 Å². The summed E-state index contributed by atoms with van der Waals surface area (Å²) in [7, 11) is 1.77. The molecule has 0 atom stereocenters. The molecule has 4 aromatic rings. The van der Waals surface area contributed by atoms with E-state index in [1.807, 2.05) is 6.20 Å². The lowest BCUT2D eigenvalue weighted by Crippen LogP contribution is -2.05. The van der Waals surface area contributed by atoms with Crippen molar-refractivity contribution in [3.63, 3.8) is 0 Å². The number of rotatable bonds is 1. The van der Waals surface area contributed by atoms with Gasteiger partial charge in [-0.2, -0.15) is 23.5 Å². The first-order valence-electron chi connectivity index (χ1n) is 7.44. The molecule has 0 aliphatic heterocycles. The van der Waals surface area contributed by atoms with Crippen LogP contribution in [0.4, 0.5) is 13.2 Å². The highest BCUT2D eigenvalue weighted by atomic mass is 19.4. The van der Waals surface area contributed by atoms with Crippen molar-refractivity contribution in [2.75, 3.05) is 0 Å². The summed E-state index contributed by atoms with van der Waals surface area (Å²) >= 11 is 0. The first-order valence-corrected chi connectivity index (χ1v) is 7.44. The fourth-order valence-corrected chi connectivity index (χ4v) is 3.02. The molecule has 0 amide bonds. The van der Waals surface area contributed by atoms with Gasteiger partial charge in [0.2, 0.25) is 0 Å². The van der Waals surface area contributed by atoms with Gasteiger partial charge in [0.05, 0.1) is 22.7 Å². The standard InChI is InChI=1S/C18H11F3N4/c1-24-10-15-14-8-11(9-22)2-7-16(14)25(17(15)23-24)13-5-3-12(4-6-13)18(19,20)21/h2-8,10H,1H3. The van der Waals surface area contributed by atoms with E-state index >= 15 is 0 Å². The van der Waals surface area contributed by atoms with Gasteiger partial charge in [-0.3, -0.25) is 9.25 Å². The molecule has 0 unspecified atom stereocenters. The second-order valence-corrected chi connectivity index (χ2v) is 5.76. The third-order valence-electron chi connectivity index (χ3n) is 4.13. The maximum atomic E-state index is 12.8. The number of hydrogen-bond donors (Lipinski definition) is 0. The zero-order valence-electron chi connectivity index (χ0n) is 13.0. The van der Waals surface area contributed by atoms with Crippen LogP contribution in [0.2, 0.25) is 0 Å². The van der Waals surface area contributed by atoms with Crippen LogP contribution in [-0.2, 0) is 13.2 Å². The predicted molar refractivity (Wildman–Crippen MR) is 87.3 cm³/mol. The third kappa shape index (κ3) is 2.34. The molecule has 124 valence electrons. The summed E-state index contributed by atoms with van der Waals surface area (Å²) in [5.41, 5.74) is 1.82. The summed E-state index contributed by atoms with van der Waals surface area (Å²) in [6, 6.07) is 12.3. The lowest BCUT2D eigenvalue weighted by molar-refractivity contribution is -0.137. The number of fused-ring (bicyclic) bond motifs is 3. The van der Waals surface area contributed by atoms with Gasteiger partial charge in [-0.25, -0.2) is 0 Å². The molecule has 0 saturated heterocycles. The lowest BCUT2D eigenvalue weighted by atomic mass is 10.1. The Bertz CT molecular complexity index is 1140. The Morgan fingerprint density at radius 2 is 1.76 bits per heavy atom. The molecule has 7 heteroatoms. The fraction of sp³-hybridized carbons (Fsp3) is 0.111. The molecule has 0 aliphatic carbocycles. The summed E-state index contributed by atoms with van der Waals surface area (Å²) in [6.07, 6.45) is -2.54. The van der Waals surface area contributed by atoms with Crippen molar-refractivity contribution >= 4 is 21.9 Å². The van der Waals surface area contributed by atoms with Gasteiger partial charge in [0.25, 0.3) is 0 Å². The van der Waals surface area contributed by atoms with Gasteiger partial charge in [0.1, 0.15) is 0 Å². The van der Waals surface area contributed by atoms with Crippen molar-refractivity contribution in [1.29, 1.82) is 5.26 Å². The zero-order valence-corrected chi connectivity index (χ0v) is 13.0. The Labute approximate surface area is 140 Å². The van der Waals surface area contributed by atoms with E-state index in [2.05, 4.69) is 11.2 Å². The molecule has 25 heavy (non-hydrogen) atoms. The highest BCUT2D eigenvalue weighted by Gasteiger charge is 2.30. The van der Waals surface area contributed by atoms with Crippen molar-refractivity contribution in [2.24, 2.45) is 7.05 Å². The van der Waals surface area contributed by atoms with Crippen LogP contribution in [0, 0.1) is 11.3 Å². The van der Waals surface area contributed by atoms with Gasteiger partial charge in [0, 0.05) is 29.7 Å². The summed E-state index contributed by atoms with van der Waals surface area (Å²) < 4.78 is 41.8. The normalized spacial score (nSPS) is 12.0. The third-order valence-corrected chi connectivity index (χ3v) is 4.13. The minimum Gasteiger partial charge on any atom is -0.292 e. The van der Waals surface area contributed by atoms with Crippen LogP contribution in [0.1, 0.15) is 11.1 Å². The maximum Gasteiger partial charge on any atom is 0.416 e. The summed E-state index contributed by atoms with van der Waals surface area (Å²) in [5.74, 6) is 0. The molecule has 0 saturated carbocycles. The van der Waals surface area contributed by atoms with Crippen LogP contribution in [-0.4, -0.2) is 14.3 Å². The van der Waals surface area contributed by atoms with Gasteiger partial charge >= 0.3 is 6.18 Å². The van der Waals surface area contributed by atoms with Crippen LogP contribution < -0.4 is 0 Å². The van der Waals surface area contributed by atoms with E-state index in [0.717, 1.165) is 28.4 Å². The topological polar surface area (TPSA) is 46.5 Å². The second-order valence-electron chi connectivity index (χ2n) is 5.76. The van der Waals surface area contributed by atoms with E-state index < -0.39 is 11.7 Å². The Balaban J connectivity index is 2.01. The molecule has 0 bridgehead atoms. The molecule has 0 aliphatic rings. The molecule has 4 rings (SSSR count). The molecule has 2 aromatic heterocycles. The van der Waals surface area contributed by atoms with Gasteiger partial charge in [-0.05, 0) is 42.5 Å². The predicted octanol–water partition coefficient (Wildman–Crippen LogP) is 4.41. The number of nitriles is 1. The molecule has 4 nitrogen and oxygen atoms in total. The molecule has 2 aromatic carbocycles. The summed E-state index contributed by atoms with van der Waals surface area (Å²) in [4.78, 5) is 0. The number of aryl methyl sites for hydroxylation is 1. The Hall–Kier alpha value is -3.27. The fourth-order valence-electron chi connectivity index (χ4n) is 3.02. The first kappa shape index (κ1) is 15.3. The molecule has 0 fully saturated rings. The van der Waals surface area contributed by atoms with Gasteiger partial charge in [0.15, 0.2) is 5.65 Å². The molecule has 0 spiro atoms. The van der Waals surface area contributed by atoms with Crippen molar-refractivity contribution in [1.82, 2.24) is 14.3 Å². The minimum absolute atomic E-state index is 0.517. The lowest BCUT2D eigenvalue weighted by Gasteiger charge is -2.10. The molecule has 0 radical (unpaired) electrons. The number of alkyl halides is 3. The van der Waals surface area contributed by atoms with Crippen molar-refractivity contribution in [3.8, 4) is 11.8 Å². The van der Waals surface area contributed by atoms with Crippen molar-refractivity contribution in [3.05, 3.63) is 59.8 Å². The number of nitrogens with zero attached hydrogens (tertiary/aromatic N) is 4. The van der Waals surface area contributed by atoms with Gasteiger partial charge in [-0.15, -0.1) is 0 Å². The smallest absolute Gasteiger partial charge is 0.292 e. The SMILES string of the molecule is Cn1cc2c3cc(C#N)ccc3n(-c3ccc(C(F)(F)F)cc3)c2n1. The van der Waals surface area contributed by atoms with Crippen LogP contribution >= 0.6 is 0 Å². The van der Waals surface area contributed by atoms with E-state index in [0.29, 0.717) is 16.9 Å². The first-order chi connectivity index (χ1) is 11.9. The quantitative estimate of drug-likeness (QED) is 0.515. The summed E-state index contributed by atoms with van der Waals surface area (Å²) in [5, 5.41) is 15.2. The minimum atomic E-state index is -4.38. The van der Waals surface area contributed by atoms with Crippen LogP contribution in [0.5, 0.6) is 0 Å². The van der Waals surface area contributed by atoms with Crippen LogP contribution in [0.15, 0.2) is 48.7 Å². The molecule has 0 N–H and O–H groups in total. The average Bonchev–Trinajstić information content (AvgIpc) is 3.08.